The number of hydrogen-bond acceptors (Lipinski definition) is 5. The Morgan fingerprint density at radius 3 is 3.12 bits per heavy atom. The second-order valence-electron chi connectivity index (χ2n) is 3.48. The van der Waals surface area contributed by atoms with E-state index in [0.717, 1.165) is 5.76 Å². The summed E-state index contributed by atoms with van der Waals surface area (Å²) in [7, 11) is 1.34. The summed E-state index contributed by atoms with van der Waals surface area (Å²) in [6.45, 7) is 1.000. The second kappa shape index (κ2) is 7.03. The molecule has 2 N–H and O–H groups in total. The summed E-state index contributed by atoms with van der Waals surface area (Å²) in [6, 6.07) is 3.67. The van der Waals surface area contributed by atoms with Crippen LogP contribution in [-0.4, -0.2) is 30.8 Å². The minimum Gasteiger partial charge on any atom is -0.469 e. The van der Waals surface area contributed by atoms with Crippen molar-refractivity contribution in [2.24, 2.45) is 0 Å². The molecule has 0 aliphatic rings. The minimum atomic E-state index is -0.547. The summed E-state index contributed by atoms with van der Waals surface area (Å²) < 4.78 is 9.59. The molecule has 1 rings (SSSR count). The quantitative estimate of drug-likeness (QED) is 0.670. The van der Waals surface area contributed by atoms with Crippen molar-refractivity contribution < 1.29 is 19.1 Å². The molecular formula is C11H17NO4. The molecule has 1 aromatic heterocycles. The fourth-order valence-electron chi connectivity index (χ4n) is 1.26. The number of carbonyl (C=O) groups is 1. The number of rotatable bonds is 7. The lowest BCUT2D eigenvalue weighted by atomic mass is 10.2. The van der Waals surface area contributed by atoms with Gasteiger partial charge in [0.15, 0.2) is 0 Å². The number of carbonyl (C=O) groups excluding carboxylic acids is 1. The van der Waals surface area contributed by atoms with E-state index in [9.17, 15) is 9.90 Å². The third-order valence-electron chi connectivity index (χ3n) is 2.17. The number of nitrogens with one attached hydrogen (secondary N) is 1. The molecule has 0 amide bonds. The van der Waals surface area contributed by atoms with E-state index in [1.54, 1.807) is 6.26 Å². The monoisotopic (exact) mass is 227 g/mol. The largest absolute Gasteiger partial charge is 0.469 e. The van der Waals surface area contributed by atoms with Crippen LogP contribution in [0.3, 0.4) is 0 Å². The number of ether oxygens (including phenoxy) is 1. The van der Waals surface area contributed by atoms with Crippen molar-refractivity contribution >= 4 is 5.97 Å². The van der Waals surface area contributed by atoms with Crippen molar-refractivity contribution in [3.05, 3.63) is 24.2 Å². The normalized spacial score (nSPS) is 12.4. The summed E-state index contributed by atoms with van der Waals surface area (Å²) in [5, 5.41) is 12.6. The van der Waals surface area contributed by atoms with Crippen LogP contribution >= 0.6 is 0 Å². The maximum absolute atomic E-state index is 10.8. The first-order valence-corrected chi connectivity index (χ1v) is 5.20. The third kappa shape index (κ3) is 4.95. The average Bonchev–Trinajstić information content (AvgIpc) is 2.79. The lowest BCUT2D eigenvalue weighted by Crippen LogP contribution is -2.26. The maximum Gasteiger partial charge on any atom is 0.305 e. The van der Waals surface area contributed by atoms with E-state index in [2.05, 4.69) is 10.1 Å². The van der Waals surface area contributed by atoms with Gasteiger partial charge in [-0.3, -0.25) is 4.79 Å². The molecule has 1 aromatic rings. The van der Waals surface area contributed by atoms with E-state index in [0.29, 0.717) is 19.5 Å². The smallest absolute Gasteiger partial charge is 0.305 e. The molecule has 0 radical (unpaired) electrons. The molecule has 0 aliphatic heterocycles. The number of methoxy groups -OCH3 is 1. The van der Waals surface area contributed by atoms with E-state index in [1.807, 2.05) is 12.1 Å². The van der Waals surface area contributed by atoms with Crippen LogP contribution in [0.5, 0.6) is 0 Å². The minimum absolute atomic E-state index is 0.236. The molecule has 16 heavy (non-hydrogen) atoms. The summed E-state index contributed by atoms with van der Waals surface area (Å²) in [5.41, 5.74) is 0. The Morgan fingerprint density at radius 1 is 1.69 bits per heavy atom. The first-order chi connectivity index (χ1) is 7.72. The van der Waals surface area contributed by atoms with E-state index < -0.39 is 6.10 Å². The standard InChI is InChI=1S/C11H17NO4/c1-15-11(14)5-4-9(13)7-12-8-10-3-2-6-16-10/h2-3,6,9,12-13H,4-5,7-8H2,1H3. The number of aliphatic hydroxyl groups is 1. The molecule has 5 heteroatoms. The zero-order valence-electron chi connectivity index (χ0n) is 9.31. The van der Waals surface area contributed by atoms with Gasteiger partial charge in [-0.15, -0.1) is 0 Å². The number of aliphatic hydroxyl groups excluding tert-OH is 1. The molecule has 0 saturated heterocycles. The summed E-state index contributed by atoms with van der Waals surface area (Å²) in [5.74, 6) is 0.519. The predicted molar refractivity (Wildman–Crippen MR) is 57.7 cm³/mol. The van der Waals surface area contributed by atoms with Gasteiger partial charge in [0, 0.05) is 13.0 Å². The molecular weight excluding hydrogens is 210 g/mol. The number of esters is 1. The van der Waals surface area contributed by atoms with Crippen molar-refractivity contribution in [2.75, 3.05) is 13.7 Å². The van der Waals surface area contributed by atoms with Gasteiger partial charge in [-0.1, -0.05) is 0 Å². The van der Waals surface area contributed by atoms with Crippen LogP contribution < -0.4 is 5.32 Å². The Labute approximate surface area is 94.4 Å². The van der Waals surface area contributed by atoms with Gasteiger partial charge >= 0.3 is 5.97 Å². The average molecular weight is 227 g/mol. The Hall–Kier alpha value is -1.33. The first-order valence-electron chi connectivity index (χ1n) is 5.20. The SMILES string of the molecule is COC(=O)CCC(O)CNCc1ccco1. The highest BCUT2D eigenvalue weighted by molar-refractivity contribution is 5.69. The Balaban J connectivity index is 2.06. The third-order valence-corrected chi connectivity index (χ3v) is 2.17. The molecule has 1 atom stereocenters. The van der Waals surface area contributed by atoms with Gasteiger partial charge in [-0.2, -0.15) is 0 Å². The molecule has 5 nitrogen and oxygen atoms in total. The first kappa shape index (κ1) is 12.7. The molecule has 0 fully saturated rings. The maximum atomic E-state index is 10.8. The highest BCUT2D eigenvalue weighted by Gasteiger charge is 2.08. The zero-order valence-corrected chi connectivity index (χ0v) is 9.31. The zero-order chi connectivity index (χ0) is 11.8. The molecule has 0 aliphatic carbocycles. The van der Waals surface area contributed by atoms with Crippen molar-refractivity contribution in [1.29, 1.82) is 0 Å². The van der Waals surface area contributed by atoms with Crippen molar-refractivity contribution in [3.63, 3.8) is 0 Å². The highest BCUT2D eigenvalue weighted by atomic mass is 16.5. The van der Waals surface area contributed by atoms with Gasteiger partial charge in [0.05, 0.1) is 26.0 Å². The van der Waals surface area contributed by atoms with Crippen LogP contribution in [0.2, 0.25) is 0 Å². The molecule has 1 heterocycles. The van der Waals surface area contributed by atoms with Gasteiger partial charge in [-0.25, -0.2) is 0 Å². The van der Waals surface area contributed by atoms with Crippen LogP contribution in [0.15, 0.2) is 22.8 Å². The molecule has 1 unspecified atom stereocenters. The highest BCUT2D eigenvalue weighted by Crippen LogP contribution is 2.00. The van der Waals surface area contributed by atoms with Crippen molar-refractivity contribution in [1.82, 2.24) is 5.32 Å². The van der Waals surface area contributed by atoms with Crippen LogP contribution in [-0.2, 0) is 16.1 Å². The van der Waals surface area contributed by atoms with E-state index in [1.165, 1.54) is 7.11 Å². The molecule has 90 valence electrons. The van der Waals surface area contributed by atoms with Crippen molar-refractivity contribution in [3.8, 4) is 0 Å². The Kier molecular flexibility index (Phi) is 5.60. The van der Waals surface area contributed by atoms with Gasteiger partial charge < -0.3 is 19.6 Å². The van der Waals surface area contributed by atoms with E-state index in [-0.39, 0.29) is 12.4 Å². The molecule has 0 spiro atoms. The Bertz CT molecular complexity index is 297. The number of hydrogen-bond donors (Lipinski definition) is 2. The van der Waals surface area contributed by atoms with Crippen molar-refractivity contribution in [2.45, 2.75) is 25.5 Å². The molecule has 0 bridgehead atoms. The van der Waals surface area contributed by atoms with Crippen LogP contribution in [0.25, 0.3) is 0 Å². The fraction of sp³-hybridized carbons (Fsp3) is 0.545. The van der Waals surface area contributed by atoms with Gasteiger partial charge in [0.2, 0.25) is 0 Å². The lowest BCUT2D eigenvalue weighted by molar-refractivity contribution is -0.141. The van der Waals surface area contributed by atoms with E-state index >= 15 is 0 Å². The van der Waals surface area contributed by atoms with E-state index in [4.69, 9.17) is 4.42 Å². The lowest BCUT2D eigenvalue weighted by Gasteiger charge is -2.10. The molecule has 0 aromatic carbocycles. The Morgan fingerprint density at radius 2 is 2.50 bits per heavy atom. The van der Waals surface area contributed by atoms with Crippen LogP contribution in [0.4, 0.5) is 0 Å². The van der Waals surface area contributed by atoms with Gasteiger partial charge in [0.25, 0.3) is 0 Å². The summed E-state index contributed by atoms with van der Waals surface area (Å²) in [6.07, 6.45) is 1.69. The van der Waals surface area contributed by atoms with Crippen LogP contribution in [0, 0.1) is 0 Å². The topological polar surface area (TPSA) is 71.7 Å². The second-order valence-corrected chi connectivity index (χ2v) is 3.48. The summed E-state index contributed by atoms with van der Waals surface area (Å²) >= 11 is 0. The predicted octanol–water partition coefficient (Wildman–Crippen LogP) is 0.683. The van der Waals surface area contributed by atoms with Gasteiger partial charge in [0.1, 0.15) is 5.76 Å². The van der Waals surface area contributed by atoms with Gasteiger partial charge in [-0.05, 0) is 18.6 Å². The molecule has 0 saturated carbocycles. The summed E-state index contributed by atoms with van der Waals surface area (Å²) in [4.78, 5) is 10.8. The van der Waals surface area contributed by atoms with Crippen LogP contribution in [0.1, 0.15) is 18.6 Å². The fourth-order valence-corrected chi connectivity index (χ4v) is 1.26. The number of furan rings is 1.